The fraction of sp³-hybridized carbons (Fsp3) is 0.469. The SMILES string of the molecule is COc1cc(C(N)=O)c(F)cc1NCC#Cc1cc(C(=O)N[C@@H]2[C@@H](C)CN(C3CCOCC3)C[C@@H]2F)c2ncn(CC(F)(F)F)c2c1. The van der Waals surface area contributed by atoms with Gasteiger partial charge in [-0.2, -0.15) is 13.2 Å². The Morgan fingerprint density at radius 3 is 2.55 bits per heavy atom. The molecule has 0 bridgehead atoms. The van der Waals surface area contributed by atoms with E-state index in [1.54, 1.807) is 0 Å². The molecule has 0 saturated carbocycles. The Morgan fingerprint density at radius 1 is 1.15 bits per heavy atom. The van der Waals surface area contributed by atoms with Crippen LogP contribution in [0, 0.1) is 23.6 Å². The van der Waals surface area contributed by atoms with E-state index in [-0.39, 0.29) is 64.2 Å². The number of nitrogens with two attached hydrogens (primary N) is 1. The molecular weight excluding hydrogens is 627 g/mol. The van der Waals surface area contributed by atoms with Gasteiger partial charge in [-0.15, -0.1) is 0 Å². The number of ether oxygens (including phenoxy) is 2. The number of nitrogens with one attached hydrogen (secondary N) is 2. The molecule has 10 nitrogen and oxygen atoms in total. The first kappa shape index (κ1) is 33.9. The average molecular weight is 663 g/mol. The number of nitrogens with zero attached hydrogens (tertiary/aromatic N) is 3. The predicted molar refractivity (Wildman–Crippen MR) is 163 cm³/mol. The van der Waals surface area contributed by atoms with Gasteiger partial charge in [-0.25, -0.2) is 13.8 Å². The van der Waals surface area contributed by atoms with Gasteiger partial charge in [-0.05, 0) is 37.0 Å². The smallest absolute Gasteiger partial charge is 0.406 e. The highest BCUT2D eigenvalue weighted by Crippen LogP contribution is 2.29. The minimum absolute atomic E-state index is 0.0212. The summed E-state index contributed by atoms with van der Waals surface area (Å²) in [4.78, 5) is 31.3. The second-order valence-corrected chi connectivity index (χ2v) is 11.7. The summed E-state index contributed by atoms with van der Waals surface area (Å²) < 4.78 is 81.4. The van der Waals surface area contributed by atoms with Crippen LogP contribution in [0.4, 0.5) is 27.6 Å². The Hall–Kier alpha value is -4.42. The van der Waals surface area contributed by atoms with E-state index in [1.165, 1.54) is 19.2 Å². The largest absolute Gasteiger partial charge is 0.495 e. The standard InChI is InChI=1S/C32H35F5N6O4/c1-18-14-42(20-5-8-47-9-6-20)15-24(34)28(18)41-31(45)22-10-19(11-26-29(22)40-17-43(26)16-32(35,36)37)4-3-7-39-25-13-23(33)21(30(38)44)12-27(25)46-2/h10-13,17-18,20,24,28,39H,5-9,14-16H2,1-2H3,(H2,38,44)(H,41,45)/t18-,24-,28+/m0/s1. The van der Waals surface area contributed by atoms with Gasteiger partial charge in [-0.3, -0.25) is 14.5 Å². The Bertz CT molecular complexity index is 1680. The predicted octanol–water partition coefficient (Wildman–Crippen LogP) is 3.88. The normalized spacial score (nSPS) is 20.8. The number of rotatable bonds is 8. The topological polar surface area (TPSA) is 124 Å². The van der Waals surface area contributed by atoms with Crippen molar-refractivity contribution in [1.82, 2.24) is 19.8 Å². The number of primary amides is 1. The van der Waals surface area contributed by atoms with E-state index >= 15 is 4.39 Å². The van der Waals surface area contributed by atoms with Crippen molar-refractivity contribution >= 4 is 28.5 Å². The van der Waals surface area contributed by atoms with Gasteiger partial charge in [0.2, 0.25) is 0 Å². The van der Waals surface area contributed by atoms with Crippen LogP contribution in [-0.2, 0) is 11.3 Å². The van der Waals surface area contributed by atoms with Gasteiger partial charge in [0.15, 0.2) is 0 Å². The summed E-state index contributed by atoms with van der Waals surface area (Å²) in [5.74, 6) is 2.99. The minimum atomic E-state index is -4.56. The van der Waals surface area contributed by atoms with E-state index in [9.17, 15) is 27.2 Å². The molecule has 15 heteroatoms. The molecule has 2 saturated heterocycles. The zero-order valence-corrected chi connectivity index (χ0v) is 25.8. The van der Waals surface area contributed by atoms with Gasteiger partial charge in [0.1, 0.15) is 29.8 Å². The molecule has 5 rings (SSSR count). The fourth-order valence-electron chi connectivity index (χ4n) is 6.13. The average Bonchev–Trinajstić information content (AvgIpc) is 3.41. The van der Waals surface area contributed by atoms with E-state index in [0.29, 0.717) is 19.8 Å². The quantitative estimate of drug-likeness (QED) is 0.247. The number of aromatic nitrogens is 2. The number of amides is 2. The number of anilines is 1. The van der Waals surface area contributed by atoms with Gasteiger partial charge in [0.05, 0.1) is 48.4 Å². The Kier molecular flexibility index (Phi) is 10.2. The molecule has 1 aromatic heterocycles. The number of likely N-dealkylation sites (tertiary alicyclic amines) is 1. The van der Waals surface area contributed by atoms with E-state index in [2.05, 4.69) is 32.4 Å². The number of hydrogen-bond acceptors (Lipinski definition) is 7. The summed E-state index contributed by atoms with van der Waals surface area (Å²) in [5.41, 5.74) is 5.22. The van der Waals surface area contributed by atoms with Crippen LogP contribution >= 0.6 is 0 Å². The van der Waals surface area contributed by atoms with Crippen LogP contribution in [0.25, 0.3) is 11.0 Å². The molecule has 2 amide bonds. The number of methoxy groups -OCH3 is 1. The monoisotopic (exact) mass is 662 g/mol. The molecule has 3 aromatic rings. The highest BCUT2D eigenvalue weighted by Gasteiger charge is 2.39. The van der Waals surface area contributed by atoms with Crippen molar-refractivity contribution < 1.29 is 41.0 Å². The summed E-state index contributed by atoms with van der Waals surface area (Å²) >= 11 is 0. The molecule has 47 heavy (non-hydrogen) atoms. The van der Waals surface area contributed by atoms with Crippen LogP contribution in [-0.4, -0.2) is 90.7 Å². The first-order valence-corrected chi connectivity index (χ1v) is 15.1. The van der Waals surface area contributed by atoms with E-state index in [0.717, 1.165) is 35.9 Å². The number of fused-ring (bicyclic) bond motifs is 1. The lowest BCUT2D eigenvalue weighted by atomic mass is 9.89. The molecule has 0 aliphatic carbocycles. The molecule has 2 fully saturated rings. The number of benzene rings is 2. The molecule has 2 aromatic carbocycles. The van der Waals surface area contributed by atoms with Crippen molar-refractivity contribution in [2.24, 2.45) is 11.7 Å². The molecule has 3 heterocycles. The third-order valence-electron chi connectivity index (χ3n) is 8.41. The molecule has 252 valence electrons. The minimum Gasteiger partial charge on any atom is -0.495 e. The first-order chi connectivity index (χ1) is 22.3. The molecular formula is C32H35F5N6O4. The van der Waals surface area contributed by atoms with Crippen LogP contribution in [0.1, 0.15) is 46.0 Å². The maximum absolute atomic E-state index is 15.5. The number of alkyl halides is 4. The van der Waals surface area contributed by atoms with Crippen LogP contribution in [0.5, 0.6) is 5.75 Å². The van der Waals surface area contributed by atoms with E-state index in [1.807, 2.05) is 6.92 Å². The summed E-state index contributed by atoms with van der Waals surface area (Å²) in [7, 11) is 1.32. The van der Waals surface area contributed by atoms with Crippen molar-refractivity contribution in [2.45, 2.75) is 50.7 Å². The second-order valence-electron chi connectivity index (χ2n) is 11.7. The molecule has 3 atom stereocenters. The maximum atomic E-state index is 15.5. The lowest BCUT2D eigenvalue weighted by Gasteiger charge is -2.44. The number of carbonyl (C=O) groups is 2. The Morgan fingerprint density at radius 2 is 1.89 bits per heavy atom. The molecule has 0 unspecified atom stereocenters. The van der Waals surface area contributed by atoms with E-state index < -0.39 is 42.6 Å². The van der Waals surface area contributed by atoms with Crippen LogP contribution in [0.15, 0.2) is 30.6 Å². The summed E-state index contributed by atoms with van der Waals surface area (Å²) in [6, 6.07) is 4.34. The molecule has 2 aliphatic heterocycles. The van der Waals surface area contributed by atoms with Crippen LogP contribution < -0.4 is 21.1 Å². The maximum Gasteiger partial charge on any atom is 0.406 e. The van der Waals surface area contributed by atoms with Gasteiger partial charge in [0.25, 0.3) is 11.8 Å². The number of piperidine rings is 1. The third kappa shape index (κ3) is 7.94. The highest BCUT2D eigenvalue weighted by atomic mass is 19.4. The molecule has 4 N–H and O–H groups in total. The Labute approximate surface area is 267 Å². The van der Waals surface area contributed by atoms with Crippen molar-refractivity contribution in [3.8, 4) is 17.6 Å². The number of carbonyl (C=O) groups excluding carboxylic acids is 2. The number of halogens is 5. The summed E-state index contributed by atoms with van der Waals surface area (Å²) in [6.45, 7) is 2.40. The van der Waals surface area contributed by atoms with Crippen LogP contribution in [0.2, 0.25) is 0 Å². The van der Waals surface area contributed by atoms with Crippen molar-refractivity contribution in [2.75, 3.05) is 45.3 Å². The van der Waals surface area contributed by atoms with Gasteiger partial charge in [-0.1, -0.05) is 18.8 Å². The zero-order valence-electron chi connectivity index (χ0n) is 25.8. The molecule has 0 radical (unpaired) electrons. The molecule has 2 aliphatic rings. The van der Waals surface area contributed by atoms with Crippen molar-refractivity contribution in [1.29, 1.82) is 0 Å². The lowest BCUT2D eigenvalue weighted by Crippen LogP contribution is -2.59. The molecule has 0 spiro atoms. The zero-order chi connectivity index (χ0) is 33.9. The lowest BCUT2D eigenvalue weighted by molar-refractivity contribution is -0.140. The van der Waals surface area contributed by atoms with Gasteiger partial charge in [0, 0.05) is 44.0 Å². The fourth-order valence-corrected chi connectivity index (χ4v) is 6.13. The first-order valence-electron chi connectivity index (χ1n) is 15.1. The van der Waals surface area contributed by atoms with Gasteiger partial charge < -0.3 is 30.4 Å². The highest BCUT2D eigenvalue weighted by molar-refractivity contribution is 6.05. The Balaban J connectivity index is 1.38. The summed E-state index contributed by atoms with van der Waals surface area (Å²) in [6.07, 6.45) is -3.31. The van der Waals surface area contributed by atoms with Crippen LogP contribution in [0.3, 0.4) is 0 Å². The van der Waals surface area contributed by atoms with Gasteiger partial charge >= 0.3 is 6.18 Å². The second kappa shape index (κ2) is 14.1. The number of hydrogen-bond donors (Lipinski definition) is 3. The third-order valence-corrected chi connectivity index (χ3v) is 8.41. The number of imidazole rings is 1. The van der Waals surface area contributed by atoms with Crippen molar-refractivity contribution in [3.63, 3.8) is 0 Å². The van der Waals surface area contributed by atoms with E-state index in [4.69, 9.17) is 15.2 Å². The summed E-state index contributed by atoms with van der Waals surface area (Å²) in [5, 5.41) is 5.63. The van der Waals surface area contributed by atoms with Crippen molar-refractivity contribution in [3.05, 3.63) is 53.1 Å².